The number of halogens is 1. The Kier molecular flexibility index (Phi) is 7.08. The van der Waals surface area contributed by atoms with Crippen molar-refractivity contribution in [2.24, 2.45) is 15.3 Å². The van der Waals surface area contributed by atoms with Gasteiger partial charge in [-0.05, 0) is 73.0 Å². The Morgan fingerprint density at radius 3 is 2.33 bits per heavy atom. The number of hydrogen-bond donors (Lipinski definition) is 2. The van der Waals surface area contributed by atoms with E-state index in [1.54, 1.807) is 12.1 Å². The average molecular weight is 465 g/mol. The minimum Gasteiger partial charge on any atom is -0.507 e. The summed E-state index contributed by atoms with van der Waals surface area (Å²) in [6.07, 6.45) is 1.59. The monoisotopic (exact) mass is 464 g/mol. The van der Waals surface area contributed by atoms with E-state index in [9.17, 15) is 9.90 Å². The molecular weight excluding hydrogens is 444 g/mol. The van der Waals surface area contributed by atoms with E-state index in [1.807, 2.05) is 56.3 Å². The molecule has 152 valence electrons. The molecule has 0 atom stereocenters. The number of hydrogen-bond acceptors (Lipinski definition) is 5. The molecular formula is C23H21BrN4O2. The standard InChI is InChI=1S/C23H21BrN4O2/c1-15-3-8-20(11-16(15)2)26-27-21-9-10-22(29)18(13-21)14-25-28-23(30)12-17-4-6-19(24)7-5-17/h3-11,13-14,29H,12H2,1-2H3,(H,28,30). The number of phenols is 1. The number of nitrogens with zero attached hydrogens (tertiary/aromatic N) is 3. The molecule has 30 heavy (non-hydrogen) atoms. The Labute approximate surface area is 183 Å². The molecule has 1 amide bonds. The van der Waals surface area contributed by atoms with Crippen molar-refractivity contribution in [3.05, 3.63) is 87.4 Å². The molecule has 0 heterocycles. The lowest BCUT2D eigenvalue weighted by Gasteiger charge is -2.02. The van der Waals surface area contributed by atoms with Crippen LogP contribution in [-0.2, 0) is 11.2 Å². The van der Waals surface area contributed by atoms with Gasteiger partial charge in [0.05, 0.1) is 24.0 Å². The molecule has 3 aromatic carbocycles. The summed E-state index contributed by atoms with van der Waals surface area (Å²) < 4.78 is 0.953. The molecule has 7 heteroatoms. The van der Waals surface area contributed by atoms with Gasteiger partial charge in [0.2, 0.25) is 5.91 Å². The van der Waals surface area contributed by atoms with Gasteiger partial charge in [0.25, 0.3) is 0 Å². The Morgan fingerprint density at radius 2 is 1.63 bits per heavy atom. The van der Waals surface area contributed by atoms with E-state index in [-0.39, 0.29) is 18.1 Å². The second-order valence-electron chi connectivity index (χ2n) is 6.81. The van der Waals surface area contributed by atoms with Crippen molar-refractivity contribution in [3.8, 4) is 5.75 Å². The fourth-order valence-electron chi connectivity index (χ4n) is 2.61. The summed E-state index contributed by atoms with van der Waals surface area (Å²) in [5, 5.41) is 22.4. The van der Waals surface area contributed by atoms with Crippen molar-refractivity contribution >= 4 is 39.4 Å². The molecule has 0 saturated carbocycles. The topological polar surface area (TPSA) is 86.4 Å². The van der Waals surface area contributed by atoms with Gasteiger partial charge >= 0.3 is 0 Å². The number of azo groups is 1. The minimum atomic E-state index is -0.251. The highest BCUT2D eigenvalue weighted by atomic mass is 79.9. The third-order valence-electron chi connectivity index (χ3n) is 4.45. The van der Waals surface area contributed by atoms with Crippen LogP contribution in [0.25, 0.3) is 0 Å². The first-order valence-corrected chi connectivity index (χ1v) is 10.1. The quantitative estimate of drug-likeness (QED) is 0.271. The van der Waals surface area contributed by atoms with E-state index in [4.69, 9.17) is 0 Å². The van der Waals surface area contributed by atoms with Crippen molar-refractivity contribution < 1.29 is 9.90 Å². The Balaban J connectivity index is 1.64. The highest BCUT2D eigenvalue weighted by Crippen LogP contribution is 2.25. The van der Waals surface area contributed by atoms with Crippen LogP contribution in [0.5, 0.6) is 5.75 Å². The van der Waals surface area contributed by atoms with Gasteiger partial charge in [0.1, 0.15) is 5.75 Å². The third kappa shape index (κ3) is 6.09. The minimum absolute atomic E-state index is 0.0334. The first-order chi connectivity index (χ1) is 14.4. The van der Waals surface area contributed by atoms with Gasteiger partial charge in [0.15, 0.2) is 0 Å². The summed E-state index contributed by atoms with van der Waals surface area (Å²) >= 11 is 3.36. The number of benzene rings is 3. The lowest BCUT2D eigenvalue weighted by Crippen LogP contribution is -2.19. The van der Waals surface area contributed by atoms with Crippen molar-refractivity contribution in [3.63, 3.8) is 0 Å². The molecule has 0 unspecified atom stereocenters. The van der Waals surface area contributed by atoms with Crippen LogP contribution in [0.1, 0.15) is 22.3 Å². The van der Waals surface area contributed by atoms with Gasteiger partial charge in [-0.1, -0.05) is 34.1 Å². The molecule has 0 bridgehead atoms. The predicted molar refractivity (Wildman–Crippen MR) is 122 cm³/mol. The zero-order valence-electron chi connectivity index (χ0n) is 16.6. The summed E-state index contributed by atoms with van der Waals surface area (Å²) in [6, 6.07) is 18.2. The maximum atomic E-state index is 12.0. The third-order valence-corrected chi connectivity index (χ3v) is 4.98. The molecule has 0 aliphatic rings. The van der Waals surface area contributed by atoms with E-state index in [1.165, 1.54) is 17.8 Å². The second kappa shape index (κ2) is 9.93. The molecule has 6 nitrogen and oxygen atoms in total. The Bertz CT molecular complexity index is 1110. The van der Waals surface area contributed by atoms with Crippen LogP contribution in [0.15, 0.2) is 80.5 Å². The number of carbonyl (C=O) groups is 1. The number of amides is 1. The maximum Gasteiger partial charge on any atom is 0.244 e. The number of carbonyl (C=O) groups excluding carboxylic acids is 1. The van der Waals surface area contributed by atoms with Crippen LogP contribution in [0.3, 0.4) is 0 Å². The first kappa shape index (κ1) is 21.4. The van der Waals surface area contributed by atoms with Crippen LogP contribution in [-0.4, -0.2) is 17.2 Å². The van der Waals surface area contributed by atoms with Gasteiger partial charge in [-0.2, -0.15) is 15.3 Å². The molecule has 0 spiro atoms. The van der Waals surface area contributed by atoms with Crippen LogP contribution in [0.2, 0.25) is 0 Å². The summed E-state index contributed by atoms with van der Waals surface area (Å²) in [6.45, 7) is 4.06. The molecule has 3 rings (SSSR count). The average Bonchev–Trinajstić information content (AvgIpc) is 2.72. The molecule has 0 aliphatic carbocycles. The molecule has 0 radical (unpaired) electrons. The fourth-order valence-corrected chi connectivity index (χ4v) is 2.88. The maximum absolute atomic E-state index is 12.0. The molecule has 0 aromatic heterocycles. The number of aromatic hydroxyl groups is 1. The predicted octanol–water partition coefficient (Wildman–Crippen LogP) is 5.88. The molecule has 2 N–H and O–H groups in total. The van der Waals surface area contributed by atoms with Gasteiger partial charge in [-0.15, -0.1) is 0 Å². The van der Waals surface area contributed by atoms with Crippen LogP contribution >= 0.6 is 15.9 Å². The van der Waals surface area contributed by atoms with Crippen LogP contribution in [0, 0.1) is 13.8 Å². The summed E-state index contributed by atoms with van der Waals surface area (Å²) in [4.78, 5) is 12.0. The number of phenolic OH excluding ortho intramolecular Hbond substituents is 1. The highest BCUT2D eigenvalue weighted by Gasteiger charge is 2.04. The van der Waals surface area contributed by atoms with Gasteiger partial charge < -0.3 is 5.11 Å². The number of nitrogens with one attached hydrogen (secondary N) is 1. The number of rotatable bonds is 6. The first-order valence-electron chi connectivity index (χ1n) is 9.29. The van der Waals surface area contributed by atoms with E-state index in [2.05, 4.69) is 36.7 Å². The smallest absolute Gasteiger partial charge is 0.244 e. The lowest BCUT2D eigenvalue weighted by atomic mass is 10.1. The van der Waals surface area contributed by atoms with Crippen molar-refractivity contribution in [2.75, 3.05) is 0 Å². The van der Waals surface area contributed by atoms with Crippen molar-refractivity contribution in [1.29, 1.82) is 0 Å². The Morgan fingerprint density at radius 1 is 0.967 bits per heavy atom. The van der Waals surface area contributed by atoms with E-state index >= 15 is 0 Å². The van der Waals surface area contributed by atoms with Gasteiger partial charge in [-0.25, -0.2) is 5.43 Å². The van der Waals surface area contributed by atoms with E-state index < -0.39 is 0 Å². The van der Waals surface area contributed by atoms with Crippen molar-refractivity contribution in [1.82, 2.24) is 5.43 Å². The largest absolute Gasteiger partial charge is 0.507 e. The molecule has 0 fully saturated rings. The summed E-state index contributed by atoms with van der Waals surface area (Å²) in [5.41, 5.74) is 7.42. The molecule has 3 aromatic rings. The zero-order chi connectivity index (χ0) is 21.5. The number of hydrazone groups is 1. The van der Waals surface area contributed by atoms with Crippen LogP contribution < -0.4 is 5.43 Å². The second-order valence-corrected chi connectivity index (χ2v) is 7.72. The molecule has 0 saturated heterocycles. The van der Waals surface area contributed by atoms with E-state index in [0.29, 0.717) is 11.3 Å². The highest BCUT2D eigenvalue weighted by molar-refractivity contribution is 9.10. The molecule has 0 aliphatic heterocycles. The van der Waals surface area contributed by atoms with E-state index in [0.717, 1.165) is 21.3 Å². The van der Waals surface area contributed by atoms with Gasteiger partial charge in [0, 0.05) is 10.0 Å². The van der Waals surface area contributed by atoms with Crippen molar-refractivity contribution in [2.45, 2.75) is 20.3 Å². The fraction of sp³-hybridized carbons (Fsp3) is 0.130. The Hall–Kier alpha value is -3.32. The normalized spacial score (nSPS) is 11.3. The van der Waals surface area contributed by atoms with Crippen LogP contribution in [0.4, 0.5) is 11.4 Å². The number of aryl methyl sites for hydroxylation is 2. The zero-order valence-corrected chi connectivity index (χ0v) is 18.2. The summed E-state index contributed by atoms with van der Waals surface area (Å²) in [5.74, 6) is -0.218. The lowest BCUT2D eigenvalue weighted by molar-refractivity contribution is -0.120. The summed E-state index contributed by atoms with van der Waals surface area (Å²) in [7, 11) is 0. The van der Waals surface area contributed by atoms with Gasteiger partial charge in [-0.3, -0.25) is 4.79 Å². The SMILES string of the molecule is Cc1ccc(N=Nc2ccc(O)c(C=NNC(=O)Cc3ccc(Br)cc3)c2)cc1C.